The minimum Gasteiger partial charge on any atom is -0.481 e. The average molecular weight is 335 g/mol. The standard InChI is InChI=1S/C12H12F3N3O5/c13-12(14,15)6-3-5(16)4-17-9(6)10(21)18-7(11(22)23)1-2-8(19)20/h3-4,7H,1-2,16H2,(H,18,21)(H,19,20)(H,22,23). The third-order valence-corrected chi connectivity index (χ3v) is 2.68. The van der Waals surface area contributed by atoms with Crippen LogP contribution in [0.5, 0.6) is 0 Å². The number of halogens is 3. The minimum absolute atomic E-state index is 0.325. The Kier molecular flexibility index (Phi) is 5.49. The first kappa shape index (κ1) is 18.2. The van der Waals surface area contributed by atoms with Crippen molar-refractivity contribution in [2.75, 3.05) is 5.73 Å². The Balaban J connectivity index is 3.04. The van der Waals surface area contributed by atoms with Crippen molar-refractivity contribution < 1.29 is 37.8 Å². The zero-order valence-corrected chi connectivity index (χ0v) is 11.4. The molecule has 126 valence electrons. The Morgan fingerprint density at radius 3 is 2.39 bits per heavy atom. The van der Waals surface area contributed by atoms with E-state index in [-0.39, 0.29) is 5.69 Å². The SMILES string of the molecule is Nc1cnc(C(=O)NC(CCC(=O)O)C(=O)O)c(C(F)(F)F)c1. The lowest BCUT2D eigenvalue weighted by molar-refractivity contribution is -0.140. The van der Waals surface area contributed by atoms with Crippen molar-refractivity contribution in [2.45, 2.75) is 25.1 Å². The molecule has 0 fully saturated rings. The van der Waals surface area contributed by atoms with Crippen LogP contribution in [-0.4, -0.2) is 39.1 Å². The van der Waals surface area contributed by atoms with Crippen molar-refractivity contribution in [3.63, 3.8) is 0 Å². The van der Waals surface area contributed by atoms with E-state index >= 15 is 0 Å². The second-order valence-electron chi connectivity index (χ2n) is 4.46. The van der Waals surface area contributed by atoms with Crippen molar-refractivity contribution in [2.24, 2.45) is 0 Å². The predicted molar refractivity (Wildman–Crippen MR) is 69.4 cm³/mol. The Morgan fingerprint density at radius 1 is 1.30 bits per heavy atom. The monoisotopic (exact) mass is 335 g/mol. The Bertz CT molecular complexity index is 633. The highest BCUT2D eigenvalue weighted by atomic mass is 19.4. The summed E-state index contributed by atoms with van der Waals surface area (Å²) in [6, 6.07) is -1.17. The smallest absolute Gasteiger partial charge is 0.418 e. The van der Waals surface area contributed by atoms with Gasteiger partial charge in [-0.1, -0.05) is 0 Å². The number of anilines is 1. The second-order valence-corrected chi connectivity index (χ2v) is 4.46. The molecule has 8 nitrogen and oxygen atoms in total. The molecule has 11 heteroatoms. The van der Waals surface area contributed by atoms with Crippen LogP contribution in [0.25, 0.3) is 0 Å². The fourth-order valence-electron chi connectivity index (χ4n) is 1.63. The molecule has 1 amide bonds. The molecule has 1 aromatic rings. The summed E-state index contributed by atoms with van der Waals surface area (Å²) in [5.74, 6) is -4.29. The van der Waals surface area contributed by atoms with Gasteiger partial charge >= 0.3 is 18.1 Å². The largest absolute Gasteiger partial charge is 0.481 e. The molecule has 0 aromatic carbocycles. The van der Waals surface area contributed by atoms with Crippen LogP contribution in [0, 0.1) is 0 Å². The fraction of sp³-hybridized carbons (Fsp3) is 0.333. The summed E-state index contributed by atoms with van der Waals surface area (Å²) in [5, 5.41) is 19.2. The van der Waals surface area contributed by atoms with Gasteiger partial charge in [0.15, 0.2) is 0 Å². The number of carbonyl (C=O) groups excluding carboxylic acids is 1. The number of nitrogen functional groups attached to an aromatic ring is 1. The number of carboxylic acids is 2. The lowest BCUT2D eigenvalue weighted by atomic mass is 10.1. The third-order valence-electron chi connectivity index (χ3n) is 2.68. The number of nitrogens with one attached hydrogen (secondary N) is 1. The molecule has 0 saturated heterocycles. The highest BCUT2D eigenvalue weighted by Gasteiger charge is 2.37. The van der Waals surface area contributed by atoms with Gasteiger partial charge in [-0.25, -0.2) is 9.78 Å². The molecule has 1 heterocycles. The van der Waals surface area contributed by atoms with E-state index in [0.29, 0.717) is 6.07 Å². The van der Waals surface area contributed by atoms with Crippen molar-refractivity contribution in [1.82, 2.24) is 10.3 Å². The van der Waals surface area contributed by atoms with Gasteiger partial charge in [-0.15, -0.1) is 0 Å². The maximum atomic E-state index is 12.9. The number of alkyl halides is 3. The summed E-state index contributed by atoms with van der Waals surface area (Å²) >= 11 is 0. The van der Waals surface area contributed by atoms with Gasteiger partial charge in [0.2, 0.25) is 0 Å². The van der Waals surface area contributed by atoms with E-state index < -0.39 is 54.2 Å². The fourth-order valence-corrected chi connectivity index (χ4v) is 1.63. The van der Waals surface area contributed by atoms with Crippen molar-refractivity contribution in [1.29, 1.82) is 0 Å². The van der Waals surface area contributed by atoms with E-state index in [9.17, 15) is 27.6 Å². The molecule has 1 atom stereocenters. The van der Waals surface area contributed by atoms with Gasteiger partial charge in [-0.3, -0.25) is 9.59 Å². The molecule has 0 aliphatic heterocycles. The topological polar surface area (TPSA) is 143 Å². The molecule has 0 aliphatic rings. The first-order valence-corrected chi connectivity index (χ1v) is 6.10. The maximum Gasteiger partial charge on any atom is 0.418 e. The third kappa shape index (κ3) is 5.13. The molecule has 23 heavy (non-hydrogen) atoms. The molecule has 5 N–H and O–H groups in total. The van der Waals surface area contributed by atoms with Crippen LogP contribution in [-0.2, 0) is 15.8 Å². The van der Waals surface area contributed by atoms with Gasteiger partial charge < -0.3 is 21.3 Å². The van der Waals surface area contributed by atoms with Crippen LogP contribution in [0.4, 0.5) is 18.9 Å². The first-order valence-electron chi connectivity index (χ1n) is 6.10. The van der Waals surface area contributed by atoms with E-state index in [2.05, 4.69) is 4.98 Å². The van der Waals surface area contributed by atoms with Crippen LogP contribution in [0.3, 0.4) is 0 Å². The van der Waals surface area contributed by atoms with Crippen LogP contribution in [0.1, 0.15) is 28.9 Å². The van der Waals surface area contributed by atoms with Crippen molar-refractivity contribution in [3.8, 4) is 0 Å². The summed E-state index contributed by atoms with van der Waals surface area (Å²) in [4.78, 5) is 36.5. The Morgan fingerprint density at radius 2 is 1.91 bits per heavy atom. The van der Waals surface area contributed by atoms with Crippen LogP contribution >= 0.6 is 0 Å². The van der Waals surface area contributed by atoms with Crippen molar-refractivity contribution in [3.05, 3.63) is 23.5 Å². The molecule has 0 bridgehead atoms. The zero-order valence-electron chi connectivity index (χ0n) is 11.4. The number of hydrogen-bond donors (Lipinski definition) is 4. The normalized spacial score (nSPS) is 12.5. The van der Waals surface area contributed by atoms with Gasteiger partial charge in [-0.05, 0) is 12.5 Å². The number of hydrogen-bond acceptors (Lipinski definition) is 5. The van der Waals surface area contributed by atoms with E-state index in [1.54, 1.807) is 0 Å². The van der Waals surface area contributed by atoms with Gasteiger partial charge in [-0.2, -0.15) is 13.2 Å². The van der Waals surface area contributed by atoms with E-state index in [1.807, 2.05) is 5.32 Å². The maximum absolute atomic E-state index is 12.9. The molecule has 0 saturated carbocycles. The van der Waals surface area contributed by atoms with Gasteiger partial charge in [0.05, 0.1) is 17.4 Å². The van der Waals surface area contributed by atoms with Crippen LogP contribution < -0.4 is 11.1 Å². The van der Waals surface area contributed by atoms with Crippen LogP contribution in [0.2, 0.25) is 0 Å². The number of nitrogens with two attached hydrogens (primary N) is 1. The number of carboxylic acid groups (broad SMARTS) is 2. The number of aromatic nitrogens is 1. The molecular formula is C12H12F3N3O5. The zero-order chi connectivity index (χ0) is 17.8. The Labute approximate surface area is 127 Å². The van der Waals surface area contributed by atoms with E-state index in [0.717, 1.165) is 6.20 Å². The molecular weight excluding hydrogens is 323 g/mol. The number of aliphatic carboxylic acids is 2. The molecule has 1 rings (SSSR count). The summed E-state index contributed by atoms with van der Waals surface area (Å²) in [6.07, 6.45) is -5.18. The number of amides is 1. The molecule has 0 aliphatic carbocycles. The molecule has 0 spiro atoms. The van der Waals surface area contributed by atoms with E-state index in [1.165, 1.54) is 0 Å². The van der Waals surface area contributed by atoms with Crippen LogP contribution in [0.15, 0.2) is 12.3 Å². The summed E-state index contributed by atoms with van der Waals surface area (Å²) < 4.78 is 38.6. The number of pyridine rings is 1. The van der Waals surface area contributed by atoms with E-state index in [4.69, 9.17) is 15.9 Å². The highest BCUT2D eigenvalue weighted by molar-refractivity contribution is 5.96. The minimum atomic E-state index is -4.92. The lowest BCUT2D eigenvalue weighted by Crippen LogP contribution is -2.42. The first-order chi connectivity index (χ1) is 10.5. The van der Waals surface area contributed by atoms with Gasteiger partial charge in [0.25, 0.3) is 5.91 Å². The highest BCUT2D eigenvalue weighted by Crippen LogP contribution is 2.32. The van der Waals surface area contributed by atoms with Gasteiger partial charge in [0.1, 0.15) is 11.7 Å². The Hall–Kier alpha value is -2.85. The summed E-state index contributed by atoms with van der Waals surface area (Å²) in [5.41, 5.74) is 2.41. The quantitative estimate of drug-likeness (QED) is 0.600. The second kappa shape index (κ2) is 6.94. The van der Waals surface area contributed by atoms with Gasteiger partial charge in [0, 0.05) is 6.42 Å². The number of rotatable bonds is 6. The summed E-state index contributed by atoms with van der Waals surface area (Å²) in [7, 11) is 0. The number of nitrogens with zero attached hydrogens (tertiary/aromatic N) is 1. The summed E-state index contributed by atoms with van der Waals surface area (Å²) in [6.45, 7) is 0. The average Bonchev–Trinajstić information content (AvgIpc) is 2.41. The lowest BCUT2D eigenvalue weighted by Gasteiger charge is -2.16. The number of carbonyl (C=O) groups is 3. The molecule has 1 unspecified atom stereocenters. The molecule has 0 radical (unpaired) electrons. The molecule has 1 aromatic heterocycles. The predicted octanol–water partition coefficient (Wildman–Crippen LogP) is 0.730. The van der Waals surface area contributed by atoms with Crippen molar-refractivity contribution >= 4 is 23.5 Å².